The maximum absolute atomic E-state index is 6.88. The third kappa shape index (κ3) is 6.08. The monoisotopic (exact) mass is 898 g/mol. The fourth-order valence-corrected chi connectivity index (χ4v) is 10.9. The lowest BCUT2D eigenvalue weighted by Crippen LogP contribution is -2.28. The van der Waals surface area contributed by atoms with Gasteiger partial charge in [-0.05, 0) is 89.0 Å². The molecular weight excluding hydrogens is 857 g/mol. The lowest BCUT2D eigenvalue weighted by molar-refractivity contribution is -0.599. The van der Waals surface area contributed by atoms with E-state index in [4.69, 9.17) is 9.72 Å². The van der Waals surface area contributed by atoms with Crippen LogP contribution in [0, 0.1) is 6.33 Å². The molecule has 7 heteroatoms. The average molecular weight is 899 g/mol. The molecule has 5 aromatic heterocycles. The number of pyridine rings is 1. The van der Waals surface area contributed by atoms with Gasteiger partial charge in [-0.25, -0.2) is 4.98 Å². The van der Waals surface area contributed by atoms with E-state index in [0.717, 1.165) is 72.8 Å². The van der Waals surface area contributed by atoms with Crippen LogP contribution in [0.5, 0.6) is 11.5 Å². The highest BCUT2D eigenvalue weighted by Gasteiger charge is 2.28. The zero-order valence-electron chi connectivity index (χ0n) is 38.1. The summed E-state index contributed by atoms with van der Waals surface area (Å²) in [5.41, 5.74) is 14.4. The summed E-state index contributed by atoms with van der Waals surface area (Å²) in [6, 6.07) is 76.8. The molecule has 0 aliphatic rings. The Morgan fingerprint density at radius 3 is 1.77 bits per heavy atom. The minimum absolute atomic E-state index is 0.713. The molecule has 0 bridgehead atoms. The number of rotatable bonds is 8. The number of para-hydroxylation sites is 4. The number of hydrogen-bond donors (Lipinski definition) is 0. The Labute approximate surface area is 403 Å². The number of benzene rings is 9. The van der Waals surface area contributed by atoms with Crippen LogP contribution in [0.25, 0.3) is 111 Å². The second-order valence-corrected chi connectivity index (χ2v) is 17.8. The summed E-state index contributed by atoms with van der Waals surface area (Å²) in [6.07, 6.45) is 9.66. The molecule has 70 heavy (non-hydrogen) atoms. The van der Waals surface area contributed by atoms with Gasteiger partial charge >= 0.3 is 0 Å². The van der Waals surface area contributed by atoms with Crippen molar-refractivity contribution in [2.24, 2.45) is 7.05 Å². The molecule has 0 fully saturated rings. The summed E-state index contributed by atoms with van der Waals surface area (Å²) in [6.45, 7) is 0. The lowest BCUT2D eigenvalue weighted by atomic mass is 9.96. The molecule has 0 unspecified atom stereocenters. The van der Waals surface area contributed by atoms with Gasteiger partial charge < -0.3 is 13.9 Å². The van der Waals surface area contributed by atoms with E-state index in [1.54, 1.807) is 0 Å². The van der Waals surface area contributed by atoms with Crippen LogP contribution in [0.1, 0.15) is 0 Å². The Morgan fingerprint density at radius 2 is 1.06 bits per heavy atom. The summed E-state index contributed by atoms with van der Waals surface area (Å²) >= 11 is 0. The molecule has 0 atom stereocenters. The number of fused-ring (bicyclic) bond motifs is 12. The van der Waals surface area contributed by atoms with Crippen LogP contribution in [-0.4, -0.2) is 23.3 Å². The number of aromatic nitrogens is 6. The van der Waals surface area contributed by atoms with Gasteiger partial charge in [0.1, 0.15) is 17.3 Å². The van der Waals surface area contributed by atoms with Crippen molar-refractivity contribution in [3.63, 3.8) is 0 Å². The van der Waals surface area contributed by atoms with E-state index in [0.29, 0.717) is 5.75 Å². The van der Waals surface area contributed by atoms with Gasteiger partial charge in [0, 0.05) is 75.2 Å². The predicted molar refractivity (Wildman–Crippen MR) is 284 cm³/mol. The molecule has 0 N–H and O–H groups in total. The molecule has 0 spiro atoms. The first-order valence-electron chi connectivity index (χ1n) is 23.6. The fourth-order valence-electron chi connectivity index (χ4n) is 10.9. The quantitative estimate of drug-likeness (QED) is 0.113. The minimum atomic E-state index is 0.713. The zero-order valence-corrected chi connectivity index (χ0v) is 38.1. The van der Waals surface area contributed by atoms with Crippen molar-refractivity contribution in [2.45, 2.75) is 0 Å². The van der Waals surface area contributed by atoms with Gasteiger partial charge in [0.25, 0.3) is 6.33 Å². The van der Waals surface area contributed by atoms with E-state index in [9.17, 15) is 0 Å². The second-order valence-electron chi connectivity index (χ2n) is 17.8. The van der Waals surface area contributed by atoms with Gasteiger partial charge in [0.2, 0.25) is 0 Å². The molecule has 0 saturated heterocycles. The van der Waals surface area contributed by atoms with E-state index in [1.807, 2.05) is 29.0 Å². The highest BCUT2D eigenvalue weighted by molar-refractivity contribution is 6.40. The van der Waals surface area contributed by atoms with E-state index in [-0.39, 0.29) is 0 Å². The van der Waals surface area contributed by atoms with Crippen molar-refractivity contribution < 1.29 is 9.30 Å². The minimum Gasteiger partial charge on any atom is -0.458 e. The van der Waals surface area contributed by atoms with E-state index >= 15 is 0 Å². The molecular formula is C63H42N6O. The summed E-state index contributed by atoms with van der Waals surface area (Å²) in [5, 5.41) is 7.09. The van der Waals surface area contributed by atoms with Crippen LogP contribution in [0.2, 0.25) is 0 Å². The molecule has 14 rings (SSSR count). The van der Waals surface area contributed by atoms with Crippen molar-refractivity contribution in [1.82, 2.24) is 23.3 Å². The van der Waals surface area contributed by atoms with Crippen molar-refractivity contribution in [2.75, 3.05) is 0 Å². The first-order valence-corrected chi connectivity index (χ1v) is 23.6. The summed E-state index contributed by atoms with van der Waals surface area (Å²) < 4.78 is 18.2. The summed E-state index contributed by atoms with van der Waals surface area (Å²) in [7, 11) is 2.20. The van der Waals surface area contributed by atoms with Crippen LogP contribution in [-0.2, 0) is 7.05 Å². The maximum atomic E-state index is 6.88. The largest absolute Gasteiger partial charge is 0.458 e. The normalized spacial score (nSPS) is 11.8. The van der Waals surface area contributed by atoms with Gasteiger partial charge in [0.05, 0.1) is 39.0 Å². The molecule has 14 aromatic rings. The SMILES string of the molecule is Cn1c2ccccc2c2c1c1c3ccc(Oc4cccc(-[n+]5[c-]n(-c6c(-c7ccccc7)cccc6-c6ccccc6)cc5)c4)cc3n(-c3ccccn3)c1c1c3ccccc3n(-c3ccccc3)c21. The van der Waals surface area contributed by atoms with Crippen LogP contribution in [0.4, 0.5) is 0 Å². The molecule has 0 saturated carbocycles. The summed E-state index contributed by atoms with van der Waals surface area (Å²) in [5.74, 6) is 2.26. The lowest BCUT2D eigenvalue weighted by Gasteiger charge is -2.16. The molecule has 0 radical (unpaired) electrons. The maximum Gasteiger partial charge on any atom is 0.268 e. The van der Waals surface area contributed by atoms with Gasteiger partial charge in [-0.3, -0.25) is 13.7 Å². The summed E-state index contributed by atoms with van der Waals surface area (Å²) in [4.78, 5) is 5.05. The van der Waals surface area contributed by atoms with Gasteiger partial charge in [-0.2, -0.15) is 0 Å². The average Bonchev–Trinajstić information content (AvgIpc) is 4.20. The third-order valence-corrected chi connectivity index (χ3v) is 13.9. The Balaban J connectivity index is 0.952. The van der Waals surface area contributed by atoms with Crippen LogP contribution in [0.15, 0.2) is 237 Å². The Hall–Kier alpha value is -9.46. The zero-order chi connectivity index (χ0) is 46.3. The molecule has 5 heterocycles. The van der Waals surface area contributed by atoms with Crippen LogP contribution >= 0.6 is 0 Å². The van der Waals surface area contributed by atoms with Crippen molar-refractivity contribution in [3.8, 4) is 56.6 Å². The molecule has 0 aliphatic heterocycles. The Bertz CT molecular complexity index is 4260. The smallest absolute Gasteiger partial charge is 0.268 e. The first kappa shape index (κ1) is 39.7. The molecule has 330 valence electrons. The molecule has 0 amide bonds. The number of aryl methyl sites for hydroxylation is 1. The van der Waals surface area contributed by atoms with E-state index < -0.39 is 0 Å². The number of nitrogens with zero attached hydrogens (tertiary/aromatic N) is 6. The fraction of sp³-hybridized carbons (Fsp3) is 0.0159. The van der Waals surface area contributed by atoms with Crippen molar-refractivity contribution in [1.29, 1.82) is 0 Å². The molecule has 9 aromatic carbocycles. The van der Waals surface area contributed by atoms with Gasteiger partial charge in [-0.15, -0.1) is 0 Å². The van der Waals surface area contributed by atoms with Crippen molar-refractivity contribution in [3.05, 3.63) is 243 Å². The topological polar surface area (TPSA) is 45.7 Å². The standard InChI is InChI=1S/C63H42N6O/c1-65-53-31-13-11-27-50(53)57-61(65)58-52-35-34-47(40-55(52)69(56-33-15-16-36-64-56)63(58)59-51-28-12-14-32-54(51)68(62(57)59)44-23-9-4-10-24-44)70-46-26-17-25-45(39-46)66-37-38-67(41-66)60-48(42-19-5-2-6-20-42)29-18-30-49(60)43-21-7-3-8-22-43/h2-40H,1H3. The number of ether oxygens (including phenoxy) is 1. The first-order chi connectivity index (χ1) is 34.7. The van der Waals surface area contributed by atoms with Crippen LogP contribution < -0.4 is 9.30 Å². The Morgan fingerprint density at radius 1 is 0.471 bits per heavy atom. The molecule has 7 nitrogen and oxygen atoms in total. The highest BCUT2D eigenvalue weighted by atomic mass is 16.5. The Kier molecular flexibility index (Phi) is 8.97. The van der Waals surface area contributed by atoms with Gasteiger partial charge in [-0.1, -0.05) is 146 Å². The number of imidazole rings is 1. The van der Waals surface area contributed by atoms with Crippen LogP contribution in [0.3, 0.4) is 0 Å². The second kappa shape index (κ2) is 15.8. The molecule has 0 aliphatic carbocycles. The van der Waals surface area contributed by atoms with E-state index in [1.165, 1.54) is 43.5 Å². The van der Waals surface area contributed by atoms with Crippen molar-refractivity contribution >= 4 is 65.4 Å². The highest BCUT2D eigenvalue weighted by Crippen LogP contribution is 2.49. The van der Waals surface area contributed by atoms with E-state index in [2.05, 4.69) is 244 Å². The predicted octanol–water partition coefficient (Wildman–Crippen LogP) is 14.9. The number of hydrogen-bond acceptors (Lipinski definition) is 2. The van der Waals surface area contributed by atoms with Gasteiger partial charge in [0.15, 0.2) is 0 Å². The third-order valence-electron chi connectivity index (χ3n) is 13.9.